The third kappa shape index (κ3) is 5.19. The Morgan fingerprint density at radius 3 is 1.59 bits per heavy atom. The summed E-state index contributed by atoms with van der Waals surface area (Å²) in [5.74, 6) is 1.65. The maximum atomic E-state index is 4.83. The molecule has 0 saturated carbocycles. The highest BCUT2D eigenvalue weighted by Gasteiger charge is 2.23. The number of nitrogens with zero attached hydrogens (tertiary/aromatic N) is 3. The van der Waals surface area contributed by atoms with E-state index in [4.69, 9.17) is 10.2 Å². The second-order valence-electron chi connectivity index (χ2n) is 15.0. The van der Waals surface area contributed by atoms with Gasteiger partial charge in [0.2, 0.25) is 0 Å². The first-order valence-electron chi connectivity index (χ1n) is 19.6. The molecule has 0 atom stereocenters. The van der Waals surface area contributed by atoms with Crippen LogP contribution in [0.25, 0.3) is 114 Å². The van der Waals surface area contributed by atoms with Crippen molar-refractivity contribution in [3.63, 3.8) is 0 Å². The summed E-state index contributed by atoms with van der Waals surface area (Å²) < 4.78 is 2.18. The highest BCUT2D eigenvalue weighted by atomic mass is 32.1. The lowest BCUT2D eigenvalue weighted by atomic mass is 9.81. The Labute approximate surface area is 339 Å². The topological polar surface area (TPSA) is 30.7 Å². The fourth-order valence-corrected chi connectivity index (χ4v) is 9.97. The van der Waals surface area contributed by atoms with Crippen LogP contribution in [-0.4, -0.2) is 14.8 Å². The number of fused-ring (bicyclic) bond motifs is 2. The van der Waals surface area contributed by atoms with Crippen molar-refractivity contribution in [3.8, 4) is 60.5 Å². The molecule has 270 valence electrons. The number of hydrogen-bond acceptors (Lipinski definition) is 3. The van der Waals surface area contributed by atoms with Gasteiger partial charge in [0.1, 0.15) is 0 Å². The van der Waals surface area contributed by atoms with E-state index in [0.717, 1.165) is 27.8 Å². The van der Waals surface area contributed by atoms with E-state index in [1.807, 2.05) is 24.3 Å². The molecule has 12 aromatic rings. The van der Waals surface area contributed by atoms with Gasteiger partial charge in [0.25, 0.3) is 0 Å². The van der Waals surface area contributed by atoms with Crippen molar-refractivity contribution in [1.29, 1.82) is 0 Å². The summed E-state index contributed by atoms with van der Waals surface area (Å²) in [4.78, 5) is 2.24. The number of aromatic nitrogens is 3. The average molecular weight is 756 g/mol. The highest BCUT2D eigenvalue weighted by Crippen LogP contribution is 2.50. The zero-order valence-corrected chi connectivity index (χ0v) is 32.1. The molecular weight excluding hydrogens is 723 g/mol. The van der Waals surface area contributed by atoms with Crippen molar-refractivity contribution in [2.75, 3.05) is 0 Å². The van der Waals surface area contributed by atoms with Crippen molar-refractivity contribution in [1.82, 2.24) is 14.8 Å². The van der Waals surface area contributed by atoms with Gasteiger partial charge >= 0.3 is 0 Å². The lowest BCUT2D eigenvalue weighted by Crippen LogP contribution is -1.99. The zero-order valence-electron chi connectivity index (χ0n) is 31.3. The molecule has 12 rings (SSSR count). The van der Waals surface area contributed by atoms with Gasteiger partial charge in [-0.05, 0) is 130 Å². The number of rotatable bonds is 6. The molecule has 0 bridgehead atoms. The van der Waals surface area contributed by atoms with Crippen LogP contribution in [0.1, 0.15) is 0 Å². The molecule has 2 aromatic heterocycles. The Morgan fingerprint density at radius 1 is 0.328 bits per heavy atom. The number of thiophene rings is 1. The molecule has 0 N–H and O–H groups in total. The predicted octanol–water partition coefficient (Wildman–Crippen LogP) is 14.9. The number of hydrogen-bond donors (Lipinski definition) is 0. The van der Waals surface area contributed by atoms with Crippen LogP contribution in [0.5, 0.6) is 0 Å². The molecule has 0 aliphatic heterocycles. The predicted molar refractivity (Wildman–Crippen MR) is 245 cm³/mol. The van der Waals surface area contributed by atoms with E-state index < -0.39 is 0 Å². The van der Waals surface area contributed by atoms with Gasteiger partial charge in [0.05, 0.1) is 4.88 Å². The molecule has 2 heterocycles. The molecule has 0 aliphatic carbocycles. The molecule has 58 heavy (non-hydrogen) atoms. The summed E-state index contributed by atoms with van der Waals surface area (Å²) in [7, 11) is 0. The first-order valence-corrected chi connectivity index (χ1v) is 20.5. The molecule has 0 unspecified atom stereocenters. The van der Waals surface area contributed by atoms with Crippen LogP contribution in [-0.2, 0) is 0 Å². The summed E-state index contributed by atoms with van der Waals surface area (Å²) in [6, 6.07) is 72.7. The maximum absolute atomic E-state index is 4.83. The van der Waals surface area contributed by atoms with Crippen molar-refractivity contribution in [2.24, 2.45) is 0 Å². The van der Waals surface area contributed by atoms with Gasteiger partial charge in [0, 0.05) is 16.1 Å². The quantitative estimate of drug-likeness (QED) is 0.158. The van der Waals surface area contributed by atoms with Gasteiger partial charge in [-0.1, -0.05) is 152 Å². The summed E-state index contributed by atoms with van der Waals surface area (Å²) in [5, 5.41) is 22.2. The molecular formula is C54H33N3S. The van der Waals surface area contributed by atoms with Gasteiger partial charge in [-0.15, -0.1) is 21.5 Å². The second-order valence-corrected chi connectivity index (χ2v) is 16.1. The molecule has 4 heteroatoms. The van der Waals surface area contributed by atoms with E-state index in [9.17, 15) is 0 Å². The normalized spacial score (nSPS) is 11.8. The Morgan fingerprint density at radius 2 is 0.862 bits per heavy atom. The van der Waals surface area contributed by atoms with Gasteiger partial charge in [-0.2, -0.15) is 0 Å². The third-order valence-corrected chi connectivity index (χ3v) is 12.8. The van der Waals surface area contributed by atoms with Crippen molar-refractivity contribution >= 4 is 65.2 Å². The number of para-hydroxylation sites is 1. The molecule has 0 amide bonds. The number of benzene rings is 10. The van der Waals surface area contributed by atoms with E-state index in [0.29, 0.717) is 0 Å². The first kappa shape index (κ1) is 32.8. The standard InChI is InChI=1S/C54H33N3S/c1-3-14-37(15-4-1)53-55-56-54(57(53)44-19-5-2-6-20-44)48-29-28-47(58-48)43-32-42-27-24-36-18-11-21-45-49(36)51(42)46(33-43)52(41-26-23-35-13-8-10-17-39(35)31-41)50(45)40-25-22-34-12-7-9-16-38(34)30-40/h1-33H. The maximum Gasteiger partial charge on any atom is 0.178 e. The van der Waals surface area contributed by atoms with Crippen LogP contribution in [0.15, 0.2) is 200 Å². The minimum Gasteiger partial charge on any atom is -0.274 e. The summed E-state index contributed by atoms with van der Waals surface area (Å²) in [6.45, 7) is 0. The second kappa shape index (κ2) is 13.1. The van der Waals surface area contributed by atoms with E-state index in [1.54, 1.807) is 11.3 Å². The smallest absolute Gasteiger partial charge is 0.178 e. The molecule has 3 nitrogen and oxygen atoms in total. The van der Waals surface area contributed by atoms with E-state index in [1.165, 1.54) is 86.6 Å². The van der Waals surface area contributed by atoms with E-state index in [2.05, 4.69) is 180 Å². The largest absolute Gasteiger partial charge is 0.274 e. The fourth-order valence-electron chi connectivity index (χ4n) is 9.00. The zero-order chi connectivity index (χ0) is 38.2. The Balaban J connectivity index is 1.13. The highest BCUT2D eigenvalue weighted by molar-refractivity contribution is 7.18. The Kier molecular flexibility index (Phi) is 7.40. The summed E-state index contributed by atoms with van der Waals surface area (Å²) >= 11 is 1.76. The van der Waals surface area contributed by atoms with Crippen molar-refractivity contribution < 1.29 is 0 Å². The first-order chi connectivity index (χ1) is 28.7. The lowest BCUT2D eigenvalue weighted by molar-refractivity contribution is 1.08. The molecule has 0 radical (unpaired) electrons. The average Bonchev–Trinajstić information content (AvgIpc) is 3.97. The fraction of sp³-hybridized carbons (Fsp3) is 0. The van der Waals surface area contributed by atoms with Gasteiger partial charge in [0.15, 0.2) is 11.6 Å². The van der Waals surface area contributed by atoms with Gasteiger partial charge in [-0.3, -0.25) is 4.57 Å². The molecule has 10 aromatic carbocycles. The van der Waals surface area contributed by atoms with E-state index in [-0.39, 0.29) is 0 Å². The van der Waals surface area contributed by atoms with Crippen LogP contribution < -0.4 is 0 Å². The van der Waals surface area contributed by atoms with Crippen LogP contribution >= 0.6 is 11.3 Å². The molecule has 0 fully saturated rings. The molecule has 0 saturated heterocycles. The summed E-state index contributed by atoms with van der Waals surface area (Å²) in [5.41, 5.74) is 8.19. The van der Waals surface area contributed by atoms with Gasteiger partial charge in [-0.25, -0.2) is 0 Å². The van der Waals surface area contributed by atoms with Crippen LogP contribution in [0.4, 0.5) is 0 Å². The van der Waals surface area contributed by atoms with E-state index >= 15 is 0 Å². The molecule has 0 aliphatic rings. The third-order valence-electron chi connectivity index (χ3n) is 11.6. The van der Waals surface area contributed by atoms with Crippen molar-refractivity contribution in [2.45, 2.75) is 0 Å². The van der Waals surface area contributed by atoms with Crippen LogP contribution in [0, 0.1) is 0 Å². The SMILES string of the molecule is c1ccc(-c2nnc(-c3ccc(-c4cc5ccc6cccc7c(-c8ccc9ccccc9c8)c(-c8ccc9ccccc9c8)c(c4)c5c67)s3)n2-c2ccccc2)cc1. The Hall–Kier alpha value is -7.40. The van der Waals surface area contributed by atoms with Crippen LogP contribution in [0.3, 0.4) is 0 Å². The minimum atomic E-state index is 0.820. The van der Waals surface area contributed by atoms with Crippen LogP contribution in [0.2, 0.25) is 0 Å². The van der Waals surface area contributed by atoms with Crippen molar-refractivity contribution in [3.05, 3.63) is 200 Å². The molecule has 0 spiro atoms. The lowest BCUT2D eigenvalue weighted by Gasteiger charge is -2.22. The van der Waals surface area contributed by atoms with Gasteiger partial charge < -0.3 is 0 Å². The Bertz CT molecular complexity index is 3510. The minimum absolute atomic E-state index is 0.820. The monoisotopic (exact) mass is 755 g/mol. The summed E-state index contributed by atoms with van der Waals surface area (Å²) in [6.07, 6.45) is 0.